The van der Waals surface area contributed by atoms with E-state index in [-0.39, 0.29) is 24.3 Å². The lowest BCUT2D eigenvalue weighted by atomic mass is 10.1. The van der Waals surface area contributed by atoms with Crippen LogP contribution in [0.3, 0.4) is 0 Å². The van der Waals surface area contributed by atoms with Crippen molar-refractivity contribution in [2.75, 3.05) is 31.1 Å². The number of carbonyl (C=O) groups is 2. The number of anilines is 1. The Morgan fingerprint density at radius 1 is 1.33 bits per heavy atom. The van der Waals surface area contributed by atoms with Gasteiger partial charge < -0.3 is 14.9 Å². The maximum Gasteiger partial charge on any atom is 0.253 e. The van der Waals surface area contributed by atoms with Gasteiger partial charge in [-0.2, -0.15) is 0 Å². The highest BCUT2D eigenvalue weighted by molar-refractivity contribution is 5.99. The van der Waals surface area contributed by atoms with E-state index in [4.69, 9.17) is 0 Å². The van der Waals surface area contributed by atoms with E-state index in [1.807, 2.05) is 12.1 Å². The third-order valence-corrected chi connectivity index (χ3v) is 4.31. The number of nitrogens with zero attached hydrogens (tertiary/aromatic N) is 2. The van der Waals surface area contributed by atoms with E-state index in [0.29, 0.717) is 25.1 Å². The van der Waals surface area contributed by atoms with E-state index in [9.17, 15) is 14.7 Å². The van der Waals surface area contributed by atoms with Gasteiger partial charge in [0.2, 0.25) is 5.91 Å². The second kappa shape index (κ2) is 5.85. The van der Waals surface area contributed by atoms with E-state index in [0.717, 1.165) is 25.1 Å². The molecule has 21 heavy (non-hydrogen) atoms. The number of carbonyl (C=O) groups excluding carboxylic acids is 2. The molecule has 2 aliphatic heterocycles. The van der Waals surface area contributed by atoms with E-state index in [1.54, 1.807) is 21.9 Å². The molecule has 2 heterocycles. The van der Waals surface area contributed by atoms with Crippen molar-refractivity contribution >= 4 is 17.5 Å². The Morgan fingerprint density at radius 3 is 2.86 bits per heavy atom. The average molecular weight is 288 g/mol. The lowest BCUT2D eigenvalue weighted by Gasteiger charge is -2.19. The van der Waals surface area contributed by atoms with Crippen LogP contribution >= 0.6 is 0 Å². The van der Waals surface area contributed by atoms with Crippen LogP contribution < -0.4 is 4.90 Å². The smallest absolute Gasteiger partial charge is 0.253 e. The molecular formula is C16H20N2O3. The Morgan fingerprint density at radius 2 is 2.19 bits per heavy atom. The second-order valence-electron chi connectivity index (χ2n) is 5.79. The number of aliphatic hydroxyl groups is 1. The molecule has 2 saturated heterocycles. The minimum absolute atomic E-state index is 0.0144. The highest BCUT2D eigenvalue weighted by Crippen LogP contribution is 2.24. The van der Waals surface area contributed by atoms with Crippen molar-refractivity contribution in [2.45, 2.75) is 19.3 Å². The maximum atomic E-state index is 12.5. The van der Waals surface area contributed by atoms with Crippen molar-refractivity contribution in [1.29, 1.82) is 0 Å². The second-order valence-corrected chi connectivity index (χ2v) is 5.79. The first kappa shape index (κ1) is 14.1. The van der Waals surface area contributed by atoms with E-state index >= 15 is 0 Å². The topological polar surface area (TPSA) is 60.9 Å². The lowest BCUT2D eigenvalue weighted by Crippen LogP contribution is -2.29. The Kier molecular flexibility index (Phi) is 3.92. The maximum absolute atomic E-state index is 12.5. The van der Waals surface area contributed by atoms with Crippen LogP contribution in [0.5, 0.6) is 0 Å². The predicted molar refractivity (Wildman–Crippen MR) is 79.1 cm³/mol. The minimum atomic E-state index is -0.0144. The van der Waals surface area contributed by atoms with Crippen molar-refractivity contribution in [2.24, 2.45) is 5.92 Å². The summed E-state index contributed by atoms with van der Waals surface area (Å²) in [5.74, 6) is 0.304. The molecule has 5 heteroatoms. The van der Waals surface area contributed by atoms with Gasteiger partial charge in [0.15, 0.2) is 0 Å². The van der Waals surface area contributed by atoms with Crippen molar-refractivity contribution in [1.82, 2.24) is 4.90 Å². The van der Waals surface area contributed by atoms with Gasteiger partial charge in [-0.3, -0.25) is 9.59 Å². The first-order valence-electron chi connectivity index (χ1n) is 7.49. The molecule has 1 N–H and O–H groups in total. The van der Waals surface area contributed by atoms with Crippen LogP contribution in [0.25, 0.3) is 0 Å². The fraction of sp³-hybridized carbons (Fsp3) is 0.500. The van der Waals surface area contributed by atoms with Gasteiger partial charge in [-0.05, 0) is 31.0 Å². The predicted octanol–water partition coefficient (Wildman–Crippen LogP) is 1.27. The lowest BCUT2D eigenvalue weighted by molar-refractivity contribution is -0.117. The molecule has 2 fully saturated rings. The van der Waals surface area contributed by atoms with Crippen LogP contribution in [0.15, 0.2) is 24.3 Å². The number of benzene rings is 1. The molecule has 0 radical (unpaired) electrons. The Hall–Kier alpha value is -1.88. The first-order valence-corrected chi connectivity index (χ1v) is 7.49. The number of likely N-dealkylation sites (tertiary alicyclic amines) is 1. The zero-order chi connectivity index (χ0) is 14.8. The standard InChI is InChI=1S/C16H20N2O3/c19-11-12-6-8-17(10-12)16(21)13-3-1-4-14(9-13)18-7-2-5-15(18)20/h1,3-4,9,12,19H,2,5-8,10-11H2. The zero-order valence-electron chi connectivity index (χ0n) is 12.0. The summed E-state index contributed by atoms with van der Waals surface area (Å²) >= 11 is 0. The number of hydrogen-bond donors (Lipinski definition) is 1. The van der Waals surface area contributed by atoms with Crippen molar-refractivity contribution in [3.63, 3.8) is 0 Å². The number of amides is 2. The first-order chi connectivity index (χ1) is 10.2. The van der Waals surface area contributed by atoms with Crippen molar-refractivity contribution < 1.29 is 14.7 Å². The molecule has 3 rings (SSSR count). The quantitative estimate of drug-likeness (QED) is 0.911. The summed E-state index contributed by atoms with van der Waals surface area (Å²) in [4.78, 5) is 27.8. The molecule has 0 spiro atoms. The molecule has 0 saturated carbocycles. The van der Waals surface area contributed by atoms with E-state index < -0.39 is 0 Å². The van der Waals surface area contributed by atoms with Gasteiger partial charge in [0.25, 0.3) is 5.91 Å². The molecule has 0 aromatic heterocycles. The monoisotopic (exact) mass is 288 g/mol. The fourth-order valence-electron chi connectivity index (χ4n) is 3.08. The number of aliphatic hydroxyl groups excluding tert-OH is 1. The summed E-state index contributed by atoms with van der Waals surface area (Å²) in [6.07, 6.45) is 2.32. The molecule has 5 nitrogen and oxygen atoms in total. The number of rotatable bonds is 3. The number of hydrogen-bond acceptors (Lipinski definition) is 3. The van der Waals surface area contributed by atoms with Gasteiger partial charge in [0.1, 0.15) is 0 Å². The van der Waals surface area contributed by atoms with Crippen molar-refractivity contribution in [3.05, 3.63) is 29.8 Å². The van der Waals surface area contributed by atoms with Crippen LogP contribution in [-0.2, 0) is 4.79 Å². The molecule has 2 aliphatic rings. The molecule has 1 aromatic carbocycles. The third kappa shape index (κ3) is 2.78. The zero-order valence-corrected chi connectivity index (χ0v) is 12.0. The minimum Gasteiger partial charge on any atom is -0.396 e. The summed E-state index contributed by atoms with van der Waals surface area (Å²) in [5, 5.41) is 9.17. The molecule has 0 bridgehead atoms. The van der Waals surface area contributed by atoms with Crippen LogP contribution in [0, 0.1) is 5.92 Å². The van der Waals surface area contributed by atoms with Crippen LogP contribution in [0.4, 0.5) is 5.69 Å². The highest BCUT2D eigenvalue weighted by atomic mass is 16.3. The normalized spacial score (nSPS) is 22.1. The molecule has 1 aromatic rings. The summed E-state index contributed by atoms with van der Waals surface area (Å²) in [6, 6.07) is 7.30. The van der Waals surface area contributed by atoms with Gasteiger partial charge in [-0.1, -0.05) is 6.07 Å². The van der Waals surface area contributed by atoms with Crippen molar-refractivity contribution in [3.8, 4) is 0 Å². The Bertz CT molecular complexity index is 558. The van der Waals surface area contributed by atoms with Gasteiger partial charge >= 0.3 is 0 Å². The summed E-state index contributed by atoms with van der Waals surface area (Å²) in [5.41, 5.74) is 1.42. The van der Waals surface area contributed by atoms with Crippen LogP contribution in [0.2, 0.25) is 0 Å². The molecule has 112 valence electrons. The SMILES string of the molecule is O=C(c1cccc(N2CCCC2=O)c1)N1CCC(CO)C1. The van der Waals surface area contributed by atoms with Gasteiger partial charge in [0, 0.05) is 49.8 Å². The summed E-state index contributed by atoms with van der Waals surface area (Å²) in [6.45, 7) is 2.16. The average Bonchev–Trinajstić information content (AvgIpc) is 3.15. The summed E-state index contributed by atoms with van der Waals surface area (Å²) < 4.78 is 0. The van der Waals surface area contributed by atoms with Gasteiger partial charge in [-0.15, -0.1) is 0 Å². The third-order valence-electron chi connectivity index (χ3n) is 4.31. The molecule has 0 aliphatic carbocycles. The highest BCUT2D eigenvalue weighted by Gasteiger charge is 2.27. The fourth-order valence-corrected chi connectivity index (χ4v) is 3.08. The van der Waals surface area contributed by atoms with E-state index in [2.05, 4.69) is 0 Å². The Labute approximate surface area is 124 Å². The van der Waals surface area contributed by atoms with Crippen LogP contribution in [0.1, 0.15) is 29.6 Å². The van der Waals surface area contributed by atoms with Crippen LogP contribution in [-0.4, -0.2) is 48.1 Å². The van der Waals surface area contributed by atoms with Gasteiger partial charge in [0.05, 0.1) is 0 Å². The molecule has 1 atom stereocenters. The molecule has 2 amide bonds. The van der Waals surface area contributed by atoms with E-state index in [1.165, 1.54) is 0 Å². The Balaban J connectivity index is 1.76. The summed E-state index contributed by atoms with van der Waals surface area (Å²) in [7, 11) is 0. The largest absolute Gasteiger partial charge is 0.396 e. The van der Waals surface area contributed by atoms with Gasteiger partial charge in [-0.25, -0.2) is 0 Å². The molecule has 1 unspecified atom stereocenters. The molecular weight excluding hydrogens is 268 g/mol.